The topological polar surface area (TPSA) is 101 Å². The molecule has 3 heterocycles. The van der Waals surface area contributed by atoms with E-state index in [1.54, 1.807) is 9.47 Å². The Bertz CT molecular complexity index is 1240. The number of rotatable bonds is 8. The number of hydrogen-bond donors (Lipinski definition) is 2. The van der Waals surface area contributed by atoms with Crippen LogP contribution in [-0.4, -0.2) is 62.2 Å². The van der Waals surface area contributed by atoms with Gasteiger partial charge in [0.2, 0.25) is 5.91 Å². The largest absolute Gasteiger partial charge is 0.416 e. The van der Waals surface area contributed by atoms with Crippen molar-refractivity contribution in [2.75, 3.05) is 24.5 Å². The van der Waals surface area contributed by atoms with E-state index in [0.717, 1.165) is 12.1 Å². The molecule has 0 aliphatic carbocycles. The van der Waals surface area contributed by atoms with Crippen LogP contribution in [0.3, 0.4) is 0 Å². The van der Waals surface area contributed by atoms with E-state index in [2.05, 4.69) is 9.97 Å². The molecule has 1 aliphatic rings. The van der Waals surface area contributed by atoms with Crippen molar-refractivity contribution in [2.45, 2.75) is 51.7 Å². The van der Waals surface area contributed by atoms with Gasteiger partial charge in [-0.15, -0.1) is 0 Å². The van der Waals surface area contributed by atoms with E-state index in [-0.39, 0.29) is 30.4 Å². The highest BCUT2D eigenvalue weighted by Gasteiger charge is 2.31. The Morgan fingerprint density at radius 2 is 1.95 bits per heavy atom. The van der Waals surface area contributed by atoms with Gasteiger partial charge in [0.15, 0.2) is 5.82 Å². The van der Waals surface area contributed by atoms with Gasteiger partial charge in [0.05, 0.1) is 23.6 Å². The molecule has 1 saturated heterocycles. The minimum Gasteiger partial charge on any atom is -0.391 e. The number of alkyl halides is 3. The van der Waals surface area contributed by atoms with Crippen LogP contribution in [0.5, 0.6) is 0 Å². The number of primary amides is 1. The highest BCUT2D eigenvalue weighted by atomic mass is 19.4. The maximum absolute atomic E-state index is 15.3. The third-order valence-corrected chi connectivity index (χ3v) is 6.73. The number of benzene rings is 1. The van der Waals surface area contributed by atoms with E-state index < -0.39 is 29.6 Å². The molecule has 2 aromatic heterocycles. The summed E-state index contributed by atoms with van der Waals surface area (Å²) in [6.45, 7) is 5.29. The number of likely N-dealkylation sites (tertiary alicyclic amines) is 1. The molecule has 0 saturated carbocycles. The Balaban J connectivity index is 1.58. The number of aliphatic hydroxyl groups is 1. The zero-order valence-corrected chi connectivity index (χ0v) is 20.6. The molecule has 3 aromatic rings. The number of nitrogens with two attached hydrogens (primary N) is 1. The Morgan fingerprint density at radius 3 is 2.54 bits per heavy atom. The maximum Gasteiger partial charge on any atom is 0.416 e. The number of nitrogens with zero attached hydrogens (tertiary/aromatic N) is 5. The number of β-amino-alcohol motifs (C(OH)–C–C–N with tert-alkyl or cyclic N) is 1. The van der Waals surface area contributed by atoms with Gasteiger partial charge in [0, 0.05) is 37.8 Å². The lowest BCUT2D eigenvalue weighted by molar-refractivity contribution is -0.137. The van der Waals surface area contributed by atoms with Crippen LogP contribution in [0.2, 0.25) is 0 Å². The predicted octanol–water partition coefficient (Wildman–Crippen LogP) is 3.17. The number of fused-ring (bicyclic) bond motifs is 1. The molecule has 3 N–H and O–H groups in total. The van der Waals surface area contributed by atoms with Crippen molar-refractivity contribution >= 4 is 22.8 Å². The molecule has 2 atom stereocenters. The molecule has 0 unspecified atom stereocenters. The summed E-state index contributed by atoms with van der Waals surface area (Å²) in [5.41, 5.74) is 5.51. The number of carbonyl (C=O) groups is 1. The fraction of sp³-hybridized carbons (Fsp3) is 0.480. The SMILES string of the molecule is CC(C)N(Cc1ccc(C(F)(F)F)cc1)c1ncnc2c1c(F)cn2C[C@H]1CCN(CC(N)=O)C[C@@H]1O. The molecular weight excluding hydrogens is 492 g/mol. The average Bonchev–Trinajstić information content (AvgIpc) is 3.14. The van der Waals surface area contributed by atoms with E-state index >= 15 is 4.39 Å². The van der Waals surface area contributed by atoms with Crippen molar-refractivity contribution in [3.05, 3.63) is 53.7 Å². The number of anilines is 1. The summed E-state index contributed by atoms with van der Waals surface area (Å²) in [4.78, 5) is 23.4. The first-order valence-electron chi connectivity index (χ1n) is 12.0. The molecule has 12 heteroatoms. The lowest BCUT2D eigenvalue weighted by Crippen LogP contribution is -2.47. The molecule has 0 spiro atoms. The van der Waals surface area contributed by atoms with Crippen molar-refractivity contribution in [1.82, 2.24) is 19.4 Å². The van der Waals surface area contributed by atoms with Gasteiger partial charge < -0.3 is 20.3 Å². The molecule has 200 valence electrons. The quantitative estimate of drug-likeness (QED) is 0.441. The molecule has 1 amide bonds. The molecule has 1 aliphatic heterocycles. The van der Waals surface area contributed by atoms with Gasteiger partial charge >= 0.3 is 6.18 Å². The van der Waals surface area contributed by atoms with Gasteiger partial charge in [-0.05, 0) is 44.5 Å². The molecule has 0 bridgehead atoms. The zero-order valence-electron chi connectivity index (χ0n) is 20.6. The molecule has 1 aromatic carbocycles. The fourth-order valence-corrected chi connectivity index (χ4v) is 4.79. The number of piperidine rings is 1. The van der Waals surface area contributed by atoms with Crippen molar-refractivity contribution in [2.24, 2.45) is 11.7 Å². The fourth-order valence-electron chi connectivity index (χ4n) is 4.79. The lowest BCUT2D eigenvalue weighted by atomic mass is 9.93. The predicted molar refractivity (Wildman–Crippen MR) is 130 cm³/mol. The van der Waals surface area contributed by atoms with Gasteiger partial charge in [0.25, 0.3) is 0 Å². The van der Waals surface area contributed by atoms with Crippen LogP contribution >= 0.6 is 0 Å². The Hall–Kier alpha value is -3.25. The van der Waals surface area contributed by atoms with E-state index in [9.17, 15) is 23.1 Å². The second-order valence-electron chi connectivity index (χ2n) is 9.76. The van der Waals surface area contributed by atoms with Crippen LogP contribution in [0.15, 0.2) is 36.8 Å². The van der Waals surface area contributed by atoms with Crippen LogP contribution in [0.1, 0.15) is 31.4 Å². The molecular formula is C25H30F4N6O2. The van der Waals surface area contributed by atoms with E-state index in [4.69, 9.17) is 5.73 Å². The minimum atomic E-state index is -4.42. The normalized spacial score (nSPS) is 19.0. The van der Waals surface area contributed by atoms with Crippen LogP contribution in [-0.2, 0) is 24.1 Å². The molecule has 4 rings (SSSR count). The summed E-state index contributed by atoms with van der Waals surface area (Å²) < 4.78 is 55.8. The van der Waals surface area contributed by atoms with Gasteiger partial charge in [-0.25, -0.2) is 14.4 Å². The first kappa shape index (κ1) is 26.8. The maximum atomic E-state index is 15.3. The number of halogens is 4. The van der Waals surface area contributed by atoms with Gasteiger partial charge in [-0.1, -0.05) is 12.1 Å². The van der Waals surface area contributed by atoms with Gasteiger partial charge in [0.1, 0.15) is 17.8 Å². The molecule has 1 fully saturated rings. The summed E-state index contributed by atoms with van der Waals surface area (Å²) in [6, 6.07) is 4.73. The second-order valence-corrected chi connectivity index (χ2v) is 9.76. The third-order valence-electron chi connectivity index (χ3n) is 6.73. The van der Waals surface area contributed by atoms with Crippen molar-refractivity contribution in [3.8, 4) is 0 Å². The summed E-state index contributed by atoms with van der Waals surface area (Å²) >= 11 is 0. The summed E-state index contributed by atoms with van der Waals surface area (Å²) in [6.07, 6.45) is -1.88. The Kier molecular flexibility index (Phi) is 7.69. The molecule has 8 nitrogen and oxygen atoms in total. The monoisotopic (exact) mass is 522 g/mol. The molecule has 0 radical (unpaired) electrons. The zero-order chi connectivity index (χ0) is 26.9. The molecule has 37 heavy (non-hydrogen) atoms. The number of hydrogen-bond acceptors (Lipinski definition) is 6. The average molecular weight is 523 g/mol. The third kappa shape index (κ3) is 6.02. The highest BCUT2D eigenvalue weighted by Crippen LogP contribution is 2.32. The summed E-state index contributed by atoms with van der Waals surface area (Å²) in [7, 11) is 0. The van der Waals surface area contributed by atoms with Crippen molar-refractivity contribution < 1.29 is 27.5 Å². The second kappa shape index (κ2) is 10.6. The van der Waals surface area contributed by atoms with E-state index in [1.165, 1.54) is 24.7 Å². The lowest BCUT2D eigenvalue weighted by Gasteiger charge is -2.35. The van der Waals surface area contributed by atoms with E-state index in [1.807, 2.05) is 18.7 Å². The summed E-state index contributed by atoms with van der Waals surface area (Å²) in [5.74, 6) is -0.817. The van der Waals surface area contributed by atoms with Gasteiger partial charge in [-0.3, -0.25) is 9.69 Å². The van der Waals surface area contributed by atoms with Crippen LogP contribution in [0.25, 0.3) is 11.0 Å². The highest BCUT2D eigenvalue weighted by molar-refractivity contribution is 5.88. The van der Waals surface area contributed by atoms with Crippen molar-refractivity contribution in [3.63, 3.8) is 0 Å². The smallest absolute Gasteiger partial charge is 0.391 e. The minimum absolute atomic E-state index is 0.0748. The number of aliphatic hydroxyl groups excluding tert-OH is 1. The van der Waals surface area contributed by atoms with Crippen LogP contribution in [0, 0.1) is 11.7 Å². The van der Waals surface area contributed by atoms with Gasteiger partial charge in [-0.2, -0.15) is 13.2 Å². The number of aromatic nitrogens is 3. The first-order valence-corrected chi connectivity index (χ1v) is 12.0. The number of carbonyl (C=O) groups excluding carboxylic acids is 1. The standard InChI is InChI=1S/C25H30F4N6O2/c1-15(2)35(9-16-3-5-18(6-4-16)25(27,28)29)24-22-19(26)11-34(23(22)31-14-32-24)10-17-7-8-33(12-20(17)36)13-21(30)37/h3-6,11,14-15,17,20,36H,7-10,12-13H2,1-2H3,(H2,30,37)/t17-,20+/m1/s1. The summed E-state index contributed by atoms with van der Waals surface area (Å²) in [5, 5.41) is 10.8. The first-order chi connectivity index (χ1) is 17.4. The van der Waals surface area contributed by atoms with E-state index in [0.29, 0.717) is 43.1 Å². The Labute approximate surface area is 211 Å². The van der Waals surface area contributed by atoms with Crippen LogP contribution in [0.4, 0.5) is 23.4 Å². The van der Waals surface area contributed by atoms with Crippen LogP contribution < -0.4 is 10.6 Å². The number of amides is 1. The Morgan fingerprint density at radius 1 is 1.24 bits per heavy atom. The van der Waals surface area contributed by atoms with Crippen molar-refractivity contribution in [1.29, 1.82) is 0 Å².